The van der Waals surface area contributed by atoms with Crippen LogP contribution >= 0.6 is 0 Å². The molecule has 0 aromatic carbocycles. The summed E-state index contributed by atoms with van der Waals surface area (Å²) in [4.78, 5) is 23.8. The molecule has 0 aliphatic heterocycles. The van der Waals surface area contributed by atoms with Gasteiger partial charge >= 0.3 is 5.97 Å². The summed E-state index contributed by atoms with van der Waals surface area (Å²) < 4.78 is 5.18. The highest BCUT2D eigenvalue weighted by atomic mass is 16.5. The van der Waals surface area contributed by atoms with Crippen molar-refractivity contribution in [3.05, 3.63) is 0 Å². The molecule has 0 saturated carbocycles. The number of Topliss-reactive ketones (excluding diaryl/α,β-unsaturated/α-hetero) is 1. The first kappa shape index (κ1) is 34.1. The summed E-state index contributed by atoms with van der Waals surface area (Å²) in [5.41, 5.74) is 0. The van der Waals surface area contributed by atoms with E-state index in [9.17, 15) is 9.59 Å². The Balaban J connectivity index is 3.29. The van der Waals surface area contributed by atoms with Crippen LogP contribution in [0.25, 0.3) is 0 Å². The maximum Gasteiger partial charge on any atom is 0.374 e. The molecule has 35 heavy (non-hydrogen) atoms. The summed E-state index contributed by atoms with van der Waals surface area (Å²) in [5.74, 6) is -0.940. The summed E-state index contributed by atoms with van der Waals surface area (Å²) >= 11 is 0. The minimum Gasteiger partial charge on any atom is -0.460 e. The number of ketones is 1. The smallest absolute Gasteiger partial charge is 0.374 e. The summed E-state index contributed by atoms with van der Waals surface area (Å²) in [6.07, 6.45) is 33.9. The Labute approximate surface area is 219 Å². The molecule has 208 valence electrons. The van der Waals surface area contributed by atoms with E-state index >= 15 is 0 Å². The average Bonchev–Trinajstić information content (AvgIpc) is 2.86. The highest BCUT2D eigenvalue weighted by molar-refractivity contribution is 6.33. The molecule has 0 unspecified atom stereocenters. The lowest BCUT2D eigenvalue weighted by molar-refractivity contribution is -0.154. The molecule has 3 heteroatoms. The van der Waals surface area contributed by atoms with Gasteiger partial charge in [0.1, 0.15) is 0 Å². The lowest BCUT2D eigenvalue weighted by Gasteiger charge is -2.05. The van der Waals surface area contributed by atoms with Crippen molar-refractivity contribution in [2.45, 2.75) is 187 Å². The van der Waals surface area contributed by atoms with Crippen molar-refractivity contribution in [1.82, 2.24) is 0 Å². The third kappa shape index (κ3) is 27.6. The molecule has 3 nitrogen and oxygen atoms in total. The first-order chi connectivity index (χ1) is 17.2. The molecule has 0 amide bonds. The van der Waals surface area contributed by atoms with E-state index in [4.69, 9.17) is 4.74 Å². The zero-order valence-corrected chi connectivity index (χ0v) is 24.0. The van der Waals surface area contributed by atoms with Crippen molar-refractivity contribution in [3.8, 4) is 0 Å². The van der Waals surface area contributed by atoms with Crippen molar-refractivity contribution >= 4 is 11.8 Å². The first-order valence-corrected chi connectivity index (χ1v) is 15.9. The number of unbranched alkanes of at least 4 members (excludes halogenated alkanes) is 24. The van der Waals surface area contributed by atoms with Crippen molar-refractivity contribution in [3.63, 3.8) is 0 Å². The number of carbonyl (C=O) groups is 2. The van der Waals surface area contributed by atoms with Gasteiger partial charge in [0.2, 0.25) is 5.78 Å². The molecule has 0 saturated heterocycles. The van der Waals surface area contributed by atoms with Gasteiger partial charge in [-0.3, -0.25) is 4.79 Å². The molecule has 0 N–H and O–H groups in total. The second-order valence-corrected chi connectivity index (χ2v) is 10.8. The summed E-state index contributed by atoms with van der Waals surface area (Å²) in [7, 11) is 0. The molecule has 0 aliphatic rings. The number of hydrogen-bond donors (Lipinski definition) is 0. The molecular weight excluding hydrogens is 432 g/mol. The van der Waals surface area contributed by atoms with Crippen molar-refractivity contribution in [1.29, 1.82) is 0 Å². The van der Waals surface area contributed by atoms with E-state index in [1.165, 1.54) is 141 Å². The Morgan fingerprint density at radius 2 is 0.686 bits per heavy atom. The van der Waals surface area contributed by atoms with E-state index in [2.05, 4.69) is 13.8 Å². The third-order valence-electron chi connectivity index (χ3n) is 7.22. The normalized spacial score (nSPS) is 11.1. The van der Waals surface area contributed by atoms with Gasteiger partial charge < -0.3 is 4.74 Å². The minimum absolute atomic E-state index is 0.331. The van der Waals surface area contributed by atoms with E-state index in [1.807, 2.05) is 0 Å². The van der Waals surface area contributed by atoms with E-state index < -0.39 is 5.97 Å². The van der Waals surface area contributed by atoms with Crippen LogP contribution in [0.3, 0.4) is 0 Å². The van der Waals surface area contributed by atoms with Crippen molar-refractivity contribution in [2.24, 2.45) is 0 Å². The predicted octanol–water partition coefficient (Wildman–Crippen LogP) is 10.7. The second kappa shape index (κ2) is 29.4. The molecule has 0 aliphatic carbocycles. The van der Waals surface area contributed by atoms with Crippen LogP contribution in [-0.4, -0.2) is 18.4 Å². The van der Waals surface area contributed by atoms with Crippen LogP contribution in [-0.2, 0) is 14.3 Å². The topological polar surface area (TPSA) is 43.4 Å². The molecule has 0 radical (unpaired) electrons. The fourth-order valence-corrected chi connectivity index (χ4v) is 4.77. The van der Waals surface area contributed by atoms with Crippen LogP contribution in [0.15, 0.2) is 0 Å². The first-order valence-electron chi connectivity index (χ1n) is 15.9. The standard InChI is InChI=1S/C32H62O3/c1-3-5-7-9-11-13-15-17-18-20-22-24-26-28-30-35-32(34)31(33)29-27-25-23-21-19-16-14-12-10-8-6-4-2/h3-30H2,1-2H3. The second-order valence-electron chi connectivity index (χ2n) is 10.8. The average molecular weight is 495 g/mol. The highest BCUT2D eigenvalue weighted by Crippen LogP contribution is 2.14. The molecule has 0 bridgehead atoms. The van der Waals surface area contributed by atoms with Gasteiger partial charge in [-0.15, -0.1) is 0 Å². The highest BCUT2D eigenvalue weighted by Gasteiger charge is 2.14. The Morgan fingerprint density at radius 1 is 0.400 bits per heavy atom. The van der Waals surface area contributed by atoms with Crippen LogP contribution in [0.1, 0.15) is 187 Å². The lowest BCUT2D eigenvalue weighted by atomic mass is 10.0. The zero-order chi connectivity index (χ0) is 25.7. The fraction of sp³-hybridized carbons (Fsp3) is 0.938. The fourth-order valence-electron chi connectivity index (χ4n) is 4.77. The van der Waals surface area contributed by atoms with E-state index in [1.54, 1.807) is 0 Å². The van der Waals surface area contributed by atoms with Crippen LogP contribution < -0.4 is 0 Å². The van der Waals surface area contributed by atoms with Crippen LogP contribution in [0.4, 0.5) is 0 Å². The molecule has 0 fully saturated rings. The molecule has 0 spiro atoms. The van der Waals surface area contributed by atoms with Gasteiger partial charge in [-0.25, -0.2) is 4.79 Å². The summed E-state index contributed by atoms with van der Waals surface area (Å²) in [5, 5.41) is 0. The van der Waals surface area contributed by atoms with Crippen molar-refractivity contribution in [2.75, 3.05) is 6.61 Å². The molecular formula is C32H62O3. The monoisotopic (exact) mass is 494 g/mol. The SMILES string of the molecule is CCCCCCCCCCCCCCCCOC(=O)C(=O)CCCCCCCCCCCCCC. The number of hydrogen-bond acceptors (Lipinski definition) is 3. The maximum atomic E-state index is 11.9. The quantitative estimate of drug-likeness (QED) is 0.0590. The summed E-state index contributed by atoms with van der Waals surface area (Å²) in [6.45, 7) is 4.94. The van der Waals surface area contributed by atoms with Crippen LogP contribution in [0, 0.1) is 0 Å². The van der Waals surface area contributed by atoms with Gasteiger partial charge in [0, 0.05) is 6.42 Å². The van der Waals surface area contributed by atoms with Crippen molar-refractivity contribution < 1.29 is 14.3 Å². The summed E-state index contributed by atoms with van der Waals surface area (Å²) in [6, 6.07) is 0. The van der Waals surface area contributed by atoms with E-state index in [0.29, 0.717) is 13.0 Å². The van der Waals surface area contributed by atoms with Crippen LogP contribution in [0.2, 0.25) is 0 Å². The van der Waals surface area contributed by atoms with Gasteiger partial charge in [0.15, 0.2) is 0 Å². The minimum atomic E-state index is -0.609. The zero-order valence-electron chi connectivity index (χ0n) is 24.0. The lowest BCUT2D eigenvalue weighted by Crippen LogP contribution is -2.17. The number of carbonyl (C=O) groups excluding carboxylic acids is 2. The molecule has 0 heterocycles. The van der Waals surface area contributed by atoms with Gasteiger partial charge in [-0.2, -0.15) is 0 Å². The number of esters is 1. The Morgan fingerprint density at radius 3 is 1.03 bits per heavy atom. The largest absolute Gasteiger partial charge is 0.460 e. The van der Waals surface area contributed by atoms with Gasteiger partial charge in [0.05, 0.1) is 6.61 Å². The Bertz CT molecular complexity index is 446. The number of ether oxygens (including phenoxy) is 1. The van der Waals surface area contributed by atoms with Gasteiger partial charge in [-0.05, 0) is 12.8 Å². The van der Waals surface area contributed by atoms with Gasteiger partial charge in [-0.1, -0.05) is 168 Å². The van der Waals surface area contributed by atoms with E-state index in [0.717, 1.165) is 25.7 Å². The molecule has 0 atom stereocenters. The molecule has 0 aromatic heterocycles. The third-order valence-corrected chi connectivity index (χ3v) is 7.22. The van der Waals surface area contributed by atoms with Gasteiger partial charge in [0.25, 0.3) is 0 Å². The molecule has 0 aromatic rings. The maximum absolute atomic E-state index is 11.9. The predicted molar refractivity (Wildman–Crippen MR) is 152 cm³/mol. The Kier molecular flexibility index (Phi) is 28.6. The van der Waals surface area contributed by atoms with E-state index in [-0.39, 0.29) is 5.78 Å². The Hall–Kier alpha value is -0.860. The molecule has 0 rings (SSSR count). The number of rotatable bonds is 29. The van der Waals surface area contributed by atoms with Crippen LogP contribution in [0.5, 0.6) is 0 Å².